The maximum atomic E-state index is 2.20. The van der Waals surface area contributed by atoms with Gasteiger partial charge in [-0.3, -0.25) is 0 Å². The standard InChI is InChI=1S/C10H7.Na/c1-2-5-9-7-4-8-10(9)6-3-1;/h2-8H;. The molecule has 0 nitrogen and oxygen atoms in total. The monoisotopic (exact) mass is 150 g/mol. The topological polar surface area (TPSA) is 0 Å². The molecule has 0 aromatic rings. The van der Waals surface area contributed by atoms with E-state index in [4.69, 9.17) is 0 Å². The van der Waals surface area contributed by atoms with Crippen LogP contribution in [0.15, 0.2) is 42.5 Å². The van der Waals surface area contributed by atoms with Gasteiger partial charge in [0, 0.05) is 0 Å². The fraction of sp³-hybridized carbons (Fsp3) is 0. The van der Waals surface area contributed by atoms with Crippen molar-refractivity contribution >= 4 is 30.7 Å². The van der Waals surface area contributed by atoms with E-state index in [-0.39, 0.29) is 0 Å². The molecule has 11 heavy (non-hydrogen) atoms. The van der Waals surface area contributed by atoms with Crippen molar-refractivity contribution in [3.05, 3.63) is 42.5 Å². The van der Waals surface area contributed by atoms with Gasteiger partial charge in [-0.2, -0.15) is 0 Å². The molecule has 1 heteroatoms. The summed E-state index contributed by atoms with van der Waals surface area (Å²) in [5.74, 6) is 0. The summed E-state index contributed by atoms with van der Waals surface area (Å²) in [5, 5.41) is 0. The van der Waals surface area contributed by atoms with Crippen molar-refractivity contribution in [2.24, 2.45) is 0 Å². The summed E-state index contributed by atoms with van der Waals surface area (Å²) < 4.78 is 1.45. The summed E-state index contributed by atoms with van der Waals surface area (Å²) in [4.78, 5) is 0. The molecular weight excluding hydrogens is 143 g/mol. The molecule has 2 aliphatic carbocycles. The van der Waals surface area contributed by atoms with Gasteiger partial charge in [0.05, 0.1) is 0 Å². The van der Waals surface area contributed by atoms with Crippen LogP contribution in [0.5, 0.6) is 0 Å². The molecule has 0 radical (unpaired) electrons. The van der Waals surface area contributed by atoms with E-state index in [1.807, 2.05) is 0 Å². The van der Waals surface area contributed by atoms with Crippen molar-refractivity contribution in [3.63, 3.8) is 0 Å². The maximum absolute atomic E-state index is 2.20. The third-order valence-corrected chi connectivity index (χ3v) is 2.60. The van der Waals surface area contributed by atoms with Gasteiger partial charge in [-0.25, -0.2) is 0 Å². The van der Waals surface area contributed by atoms with Crippen molar-refractivity contribution in [1.82, 2.24) is 0 Å². The Morgan fingerprint density at radius 1 is 0.727 bits per heavy atom. The second-order valence-corrected chi connectivity index (χ2v) is 4.00. The summed E-state index contributed by atoms with van der Waals surface area (Å²) in [6, 6.07) is 15.2. The van der Waals surface area contributed by atoms with Crippen LogP contribution in [-0.2, 0) is 0 Å². The van der Waals surface area contributed by atoms with Crippen LogP contribution in [0.25, 0.3) is 11.1 Å². The molecule has 0 N–H and O–H groups in total. The van der Waals surface area contributed by atoms with Crippen molar-refractivity contribution in [2.45, 2.75) is 0 Å². The van der Waals surface area contributed by atoms with Gasteiger partial charge in [-0.1, -0.05) is 0 Å². The van der Waals surface area contributed by atoms with Crippen LogP contribution in [0.3, 0.4) is 0 Å². The van der Waals surface area contributed by atoms with E-state index in [0.29, 0.717) is 0 Å². The fourth-order valence-corrected chi connectivity index (χ4v) is 1.58. The van der Waals surface area contributed by atoms with E-state index in [9.17, 15) is 0 Å². The average molecular weight is 150 g/mol. The zero-order chi connectivity index (χ0) is 7.68. The molecule has 0 amide bonds. The Morgan fingerprint density at radius 2 is 1.27 bits per heavy atom. The van der Waals surface area contributed by atoms with Crippen LogP contribution in [0.1, 0.15) is 0 Å². The Kier molecular flexibility index (Phi) is 1.99. The third kappa shape index (κ3) is 1.48. The van der Waals surface area contributed by atoms with Crippen LogP contribution in [0.2, 0.25) is 0 Å². The summed E-state index contributed by atoms with van der Waals surface area (Å²) in [6.45, 7) is 0. The Bertz CT molecular complexity index is 310. The molecule has 0 heterocycles. The van der Waals surface area contributed by atoms with Gasteiger partial charge in [0.25, 0.3) is 0 Å². The molecule has 0 aliphatic heterocycles. The van der Waals surface area contributed by atoms with Crippen LogP contribution in [0, 0.1) is 0 Å². The Labute approximate surface area is 84.0 Å². The molecule has 0 aromatic carbocycles. The number of hydrogen-bond acceptors (Lipinski definition) is 0. The van der Waals surface area contributed by atoms with Crippen molar-refractivity contribution < 1.29 is 0 Å². The molecule has 0 atom stereocenters. The predicted molar refractivity (Wildman–Crippen MR) is 48.5 cm³/mol. The minimum atomic E-state index is 1.14. The SMILES string of the molecule is [Na][c]1ccc2cccc-2cc1. The van der Waals surface area contributed by atoms with Gasteiger partial charge in [0.15, 0.2) is 0 Å². The van der Waals surface area contributed by atoms with E-state index in [0.717, 1.165) is 27.9 Å². The normalized spacial score (nSPS) is 10.4. The molecule has 0 fully saturated rings. The van der Waals surface area contributed by atoms with Gasteiger partial charge < -0.3 is 0 Å². The average Bonchev–Trinajstić information content (AvgIpc) is 2.38. The minimum absolute atomic E-state index is 1.14. The number of rotatable bonds is 0. The molecule has 0 unspecified atom stereocenters. The Morgan fingerprint density at radius 3 is 1.82 bits per heavy atom. The van der Waals surface area contributed by atoms with Crippen molar-refractivity contribution in [1.29, 1.82) is 0 Å². The van der Waals surface area contributed by atoms with Crippen molar-refractivity contribution in [3.8, 4) is 11.1 Å². The molecule has 2 rings (SSSR count). The van der Waals surface area contributed by atoms with E-state index < -0.39 is 0 Å². The first-order valence-corrected chi connectivity index (χ1v) is 4.82. The van der Waals surface area contributed by atoms with Gasteiger partial charge in [0.2, 0.25) is 0 Å². The van der Waals surface area contributed by atoms with E-state index in [1.165, 1.54) is 13.9 Å². The van der Waals surface area contributed by atoms with E-state index >= 15 is 0 Å². The first-order valence-electron chi connectivity index (χ1n) is 3.82. The molecule has 0 saturated carbocycles. The van der Waals surface area contributed by atoms with Crippen LogP contribution >= 0.6 is 0 Å². The summed E-state index contributed by atoms with van der Waals surface area (Å²) in [7, 11) is 0. The van der Waals surface area contributed by atoms with Crippen LogP contribution in [0.4, 0.5) is 0 Å². The third-order valence-electron chi connectivity index (χ3n) is 1.94. The summed E-state index contributed by atoms with van der Waals surface area (Å²) in [5.41, 5.74) is 2.68. The van der Waals surface area contributed by atoms with Crippen LogP contribution < -0.4 is 2.81 Å². The molecular formula is C10H7Na. The van der Waals surface area contributed by atoms with Gasteiger partial charge >= 0.3 is 84.3 Å². The first kappa shape index (κ1) is 7.35. The fourth-order valence-electron chi connectivity index (χ4n) is 1.25. The predicted octanol–water partition coefficient (Wildman–Crippen LogP) is 1.59. The molecule has 2 aliphatic rings. The van der Waals surface area contributed by atoms with Crippen molar-refractivity contribution in [2.75, 3.05) is 0 Å². The van der Waals surface area contributed by atoms with Gasteiger partial charge in [-0.15, -0.1) is 0 Å². The summed E-state index contributed by atoms with van der Waals surface area (Å²) >= 11 is 1.14. The van der Waals surface area contributed by atoms with Gasteiger partial charge in [0.1, 0.15) is 0 Å². The second-order valence-electron chi connectivity index (χ2n) is 2.85. The first-order chi connectivity index (χ1) is 5.36. The molecule has 0 spiro atoms. The Balaban J connectivity index is 2.71. The zero-order valence-electron chi connectivity index (χ0n) is 6.54. The number of fused-ring (bicyclic) bond motifs is 1. The second kappa shape index (κ2) is 2.98. The zero-order valence-corrected chi connectivity index (χ0v) is 8.54. The summed E-state index contributed by atoms with van der Waals surface area (Å²) in [6.07, 6.45) is 0. The molecule has 0 aromatic heterocycles. The number of hydrogen-bond donors (Lipinski definition) is 0. The quantitative estimate of drug-likeness (QED) is 0.500. The molecule has 0 bridgehead atoms. The van der Waals surface area contributed by atoms with E-state index in [2.05, 4.69) is 42.5 Å². The molecule has 48 valence electrons. The van der Waals surface area contributed by atoms with Gasteiger partial charge in [-0.05, 0) is 0 Å². The van der Waals surface area contributed by atoms with Crippen LogP contribution in [-0.4, -0.2) is 27.9 Å². The van der Waals surface area contributed by atoms with E-state index in [1.54, 1.807) is 0 Å². The Hall–Kier alpha value is -0.300. The molecule has 0 saturated heterocycles.